The number of nitrogens with zero attached hydrogens (tertiary/aromatic N) is 2. The van der Waals surface area contributed by atoms with Crippen LogP contribution in [0.15, 0.2) is 35.3 Å². The molecule has 1 aromatic carbocycles. The molecule has 0 spiro atoms. The maximum absolute atomic E-state index is 14.1. The van der Waals surface area contributed by atoms with Crippen molar-refractivity contribution in [2.45, 2.75) is 94.5 Å². The summed E-state index contributed by atoms with van der Waals surface area (Å²) in [7, 11) is 3.27. The third kappa shape index (κ3) is 13.0. The number of likely N-dealkylation sites (tertiary alicyclic amines) is 1. The van der Waals surface area contributed by atoms with E-state index in [1.807, 2.05) is 30.3 Å². The lowest BCUT2D eigenvalue weighted by atomic mass is 9.93. The number of piperidine rings is 1. The van der Waals surface area contributed by atoms with Crippen molar-refractivity contribution in [2.75, 3.05) is 33.8 Å². The normalized spacial score (nSPS) is 18.3. The summed E-state index contributed by atoms with van der Waals surface area (Å²) in [5, 5.41) is 18.2. The van der Waals surface area contributed by atoms with Crippen LogP contribution in [0.4, 0.5) is 0 Å². The number of benzene rings is 1. The topological polar surface area (TPSA) is 227 Å². The third-order valence-electron chi connectivity index (χ3n) is 8.06. The van der Waals surface area contributed by atoms with Crippen molar-refractivity contribution in [3.05, 3.63) is 35.9 Å². The Balaban J connectivity index is 2.19. The van der Waals surface area contributed by atoms with Gasteiger partial charge in [-0.1, -0.05) is 30.3 Å². The first-order valence-corrected chi connectivity index (χ1v) is 15.7. The summed E-state index contributed by atoms with van der Waals surface area (Å²) in [6, 6.07) is 6.72. The van der Waals surface area contributed by atoms with E-state index in [1.54, 1.807) is 19.1 Å². The highest BCUT2D eigenvalue weighted by Gasteiger charge is 2.38. The fourth-order valence-corrected chi connectivity index (χ4v) is 5.62. The number of hydrogen-bond donors (Lipinski definition) is 7. The van der Waals surface area contributed by atoms with Crippen LogP contribution in [-0.2, 0) is 30.3 Å². The molecule has 14 heteroatoms. The molecule has 0 aromatic heterocycles. The van der Waals surface area contributed by atoms with Crippen LogP contribution in [0.25, 0.3) is 0 Å². The molecule has 0 unspecified atom stereocenters. The Hall–Kier alpha value is -3.75. The van der Waals surface area contributed by atoms with Crippen molar-refractivity contribution < 1.29 is 29.0 Å². The number of likely N-dealkylation sites (N-methyl/N-ethyl adjacent to an activating group) is 1. The van der Waals surface area contributed by atoms with Gasteiger partial charge in [-0.3, -0.25) is 19.4 Å². The van der Waals surface area contributed by atoms with Gasteiger partial charge in [0.05, 0.1) is 18.2 Å². The van der Waals surface area contributed by atoms with E-state index in [0.29, 0.717) is 64.6 Å². The number of ether oxygens (including phenoxy) is 1. The number of carbonyl (C=O) groups excluding carboxylic acids is 3. The minimum atomic E-state index is -1.10. The first-order chi connectivity index (χ1) is 21.6. The summed E-state index contributed by atoms with van der Waals surface area (Å²) >= 11 is 0. The van der Waals surface area contributed by atoms with Crippen LogP contribution in [-0.4, -0.2) is 104 Å². The molecule has 5 atom stereocenters. The van der Waals surface area contributed by atoms with Crippen molar-refractivity contribution in [3.63, 3.8) is 0 Å². The Labute approximate surface area is 265 Å². The highest BCUT2D eigenvalue weighted by atomic mass is 16.5. The number of rotatable bonds is 20. The average Bonchev–Trinajstić information content (AvgIpc) is 3.03. The molecular weight excluding hydrogens is 580 g/mol. The van der Waals surface area contributed by atoms with Gasteiger partial charge >= 0.3 is 5.97 Å². The van der Waals surface area contributed by atoms with E-state index in [4.69, 9.17) is 21.9 Å². The summed E-state index contributed by atoms with van der Waals surface area (Å²) in [5.74, 6) is -2.16. The van der Waals surface area contributed by atoms with Crippen LogP contribution in [0, 0.1) is 0 Å². The lowest BCUT2D eigenvalue weighted by Gasteiger charge is -2.42. The number of carboxylic acid groups (broad SMARTS) is 1. The van der Waals surface area contributed by atoms with E-state index in [9.17, 15) is 24.3 Å². The summed E-state index contributed by atoms with van der Waals surface area (Å²) < 4.78 is 5.73. The molecular formula is C31H52N8O6. The maximum Gasteiger partial charge on any atom is 0.326 e. The Bertz CT molecular complexity index is 1100. The zero-order valence-electron chi connectivity index (χ0n) is 26.6. The van der Waals surface area contributed by atoms with Crippen molar-refractivity contribution in [3.8, 4) is 0 Å². The van der Waals surface area contributed by atoms with E-state index in [1.165, 1.54) is 0 Å². The van der Waals surface area contributed by atoms with Crippen LogP contribution < -0.4 is 33.2 Å². The maximum atomic E-state index is 14.1. The number of unbranched alkanes of at least 4 members (excludes halogenated alkanes) is 1. The zero-order chi connectivity index (χ0) is 33.2. The Morgan fingerprint density at radius 1 is 1.04 bits per heavy atom. The van der Waals surface area contributed by atoms with Crippen LogP contribution in [0.3, 0.4) is 0 Å². The van der Waals surface area contributed by atoms with E-state index >= 15 is 0 Å². The van der Waals surface area contributed by atoms with E-state index in [-0.39, 0.29) is 43.1 Å². The number of aliphatic carboxylic acids is 1. The third-order valence-corrected chi connectivity index (χ3v) is 8.06. The number of guanidine groups is 1. The molecule has 0 aliphatic carbocycles. The van der Waals surface area contributed by atoms with Gasteiger partial charge < -0.3 is 47.9 Å². The van der Waals surface area contributed by atoms with Gasteiger partial charge in [0.2, 0.25) is 17.7 Å². The molecule has 1 aromatic rings. The smallest absolute Gasteiger partial charge is 0.326 e. The molecule has 1 fully saturated rings. The molecule has 0 saturated carbocycles. The van der Waals surface area contributed by atoms with Gasteiger partial charge in [0.25, 0.3) is 0 Å². The van der Waals surface area contributed by atoms with Crippen LogP contribution in [0.2, 0.25) is 0 Å². The Kier molecular flexibility index (Phi) is 16.9. The van der Waals surface area contributed by atoms with Gasteiger partial charge in [-0.2, -0.15) is 0 Å². The predicted molar refractivity (Wildman–Crippen MR) is 172 cm³/mol. The molecule has 1 aliphatic rings. The van der Waals surface area contributed by atoms with Gasteiger partial charge in [0.1, 0.15) is 12.1 Å². The lowest BCUT2D eigenvalue weighted by Crippen LogP contribution is -2.59. The zero-order valence-corrected chi connectivity index (χ0v) is 26.6. The Morgan fingerprint density at radius 3 is 2.38 bits per heavy atom. The molecule has 2 rings (SSSR count). The molecule has 0 radical (unpaired) electrons. The number of nitrogens with two attached hydrogens (primary N) is 3. The van der Waals surface area contributed by atoms with Crippen LogP contribution in [0.1, 0.15) is 63.4 Å². The fourth-order valence-electron chi connectivity index (χ4n) is 5.62. The molecule has 0 bridgehead atoms. The van der Waals surface area contributed by atoms with Crippen molar-refractivity contribution in [2.24, 2.45) is 22.2 Å². The van der Waals surface area contributed by atoms with E-state index in [2.05, 4.69) is 20.9 Å². The number of nitrogens with one attached hydrogen (secondary N) is 3. The monoisotopic (exact) mass is 632 g/mol. The summed E-state index contributed by atoms with van der Waals surface area (Å²) in [4.78, 5) is 57.8. The second-order valence-corrected chi connectivity index (χ2v) is 11.3. The number of aliphatic imine (C=N–C) groups is 1. The molecule has 1 aliphatic heterocycles. The first kappa shape index (κ1) is 37.4. The molecule has 252 valence electrons. The fraction of sp³-hybridized carbons (Fsp3) is 0.645. The molecule has 14 nitrogen and oxygen atoms in total. The second-order valence-electron chi connectivity index (χ2n) is 11.3. The molecule has 1 saturated heterocycles. The number of hydrogen-bond acceptors (Lipinski definition) is 8. The van der Waals surface area contributed by atoms with Gasteiger partial charge in [0, 0.05) is 26.6 Å². The SMILES string of the molecule is CN[C@@H](Cc1ccccc1)C(=O)N[C@@H](CCCN=C(N)N)C(=O)N1CCC[C@@H](OC)[C@H]1CCC(=O)N[C@@H](CCCCN)C(=O)O. The highest BCUT2D eigenvalue weighted by Crippen LogP contribution is 2.25. The van der Waals surface area contributed by atoms with Crippen molar-refractivity contribution in [1.29, 1.82) is 0 Å². The summed E-state index contributed by atoms with van der Waals surface area (Å²) in [6.45, 7) is 1.17. The number of methoxy groups -OCH3 is 1. The van der Waals surface area contributed by atoms with Gasteiger partial charge in [-0.25, -0.2) is 4.79 Å². The minimum Gasteiger partial charge on any atom is -0.480 e. The van der Waals surface area contributed by atoms with Crippen LogP contribution in [0.5, 0.6) is 0 Å². The van der Waals surface area contributed by atoms with Crippen molar-refractivity contribution >= 4 is 29.7 Å². The van der Waals surface area contributed by atoms with Crippen molar-refractivity contribution in [1.82, 2.24) is 20.9 Å². The standard InChI is InChI=1S/C31H52N8O6/c1-35-24(20-21-10-4-3-5-11-21)28(41)38-22(13-8-18-36-31(33)34)29(42)39-19-9-14-26(45-2)25(39)15-16-27(40)37-23(30(43)44)12-6-7-17-32/h3-5,10-11,22-26,35H,6-9,12-20,32H2,1-2H3,(H,37,40)(H,38,41)(H,43,44)(H4,33,34,36)/t22-,23-,24-,25+,26+/m0/s1. The average molecular weight is 633 g/mol. The Morgan fingerprint density at radius 2 is 1.76 bits per heavy atom. The highest BCUT2D eigenvalue weighted by molar-refractivity contribution is 5.90. The molecule has 3 amide bonds. The first-order valence-electron chi connectivity index (χ1n) is 15.7. The van der Waals surface area contributed by atoms with Gasteiger partial charge in [-0.15, -0.1) is 0 Å². The van der Waals surface area contributed by atoms with E-state index in [0.717, 1.165) is 5.56 Å². The molecule has 10 N–H and O–H groups in total. The summed E-state index contributed by atoms with van der Waals surface area (Å²) in [6.07, 6.45) is 4.07. The predicted octanol–water partition coefficient (Wildman–Crippen LogP) is -0.160. The summed E-state index contributed by atoms with van der Waals surface area (Å²) in [5.41, 5.74) is 17.4. The molecule has 1 heterocycles. The largest absolute Gasteiger partial charge is 0.480 e. The number of amides is 3. The minimum absolute atomic E-state index is 0.00932. The van der Waals surface area contributed by atoms with Gasteiger partial charge in [0.15, 0.2) is 5.96 Å². The lowest BCUT2D eigenvalue weighted by molar-refractivity contribution is -0.145. The second kappa shape index (κ2) is 20.3. The van der Waals surface area contributed by atoms with Crippen LogP contribution >= 0.6 is 0 Å². The van der Waals surface area contributed by atoms with Gasteiger partial charge in [-0.05, 0) is 76.9 Å². The number of carboxylic acids is 1. The molecule has 45 heavy (non-hydrogen) atoms. The quantitative estimate of drug-likeness (QED) is 0.0571. The van der Waals surface area contributed by atoms with E-state index < -0.39 is 36.0 Å². The number of carbonyl (C=O) groups is 4.